The summed E-state index contributed by atoms with van der Waals surface area (Å²) >= 11 is 18.1. The topological polar surface area (TPSA) is 20.7 Å². The summed E-state index contributed by atoms with van der Waals surface area (Å²) < 4.78 is 17.1. The second-order valence-electron chi connectivity index (χ2n) is 4.14. The first-order valence-electron chi connectivity index (χ1n) is 5.52. The van der Waals surface area contributed by atoms with Crippen LogP contribution in [0.2, 0.25) is 5.02 Å². The molecule has 0 amide bonds. The fourth-order valence-corrected chi connectivity index (χ4v) is 3.40. The third-order valence-corrected chi connectivity index (χ3v) is 4.56. The van der Waals surface area contributed by atoms with Gasteiger partial charge in [-0.15, -0.1) is 0 Å². The van der Waals surface area contributed by atoms with Gasteiger partial charge in [-0.05, 0) is 52.4 Å². The third kappa shape index (κ3) is 2.35. The monoisotopic (exact) mass is 434 g/mol. The Morgan fingerprint density at radius 2 is 1.95 bits per heavy atom. The molecule has 0 radical (unpaired) electrons. The quantitative estimate of drug-likeness (QED) is 0.464. The molecule has 0 bridgehead atoms. The Balaban J connectivity index is 2.39. The van der Waals surface area contributed by atoms with Crippen LogP contribution >= 0.6 is 55.7 Å². The summed E-state index contributed by atoms with van der Waals surface area (Å²) in [5, 5.41) is 0.553. The van der Waals surface area contributed by atoms with E-state index < -0.39 is 0 Å². The molecular formula is C13H6Br2ClFN2S. The predicted molar refractivity (Wildman–Crippen MR) is 88.8 cm³/mol. The van der Waals surface area contributed by atoms with Gasteiger partial charge in [-0.1, -0.05) is 27.5 Å². The molecule has 0 atom stereocenters. The maximum absolute atomic E-state index is 13.6. The Hall–Kier alpha value is -0.690. The number of halogens is 4. The molecule has 0 fully saturated rings. The van der Waals surface area contributed by atoms with Gasteiger partial charge in [0.15, 0.2) is 4.77 Å². The molecule has 7 heteroatoms. The zero-order valence-electron chi connectivity index (χ0n) is 9.75. The van der Waals surface area contributed by atoms with Gasteiger partial charge in [0.25, 0.3) is 0 Å². The molecule has 0 unspecified atom stereocenters. The van der Waals surface area contributed by atoms with Crippen molar-refractivity contribution in [3.8, 4) is 5.69 Å². The Morgan fingerprint density at radius 1 is 1.20 bits per heavy atom. The first-order chi connectivity index (χ1) is 9.47. The predicted octanol–water partition coefficient (Wildman–Crippen LogP) is 6.01. The molecule has 3 rings (SSSR count). The molecule has 0 aliphatic heterocycles. The van der Waals surface area contributed by atoms with E-state index in [1.807, 2.05) is 12.1 Å². The van der Waals surface area contributed by atoms with E-state index in [-0.39, 0.29) is 5.82 Å². The van der Waals surface area contributed by atoms with Gasteiger partial charge in [-0.25, -0.2) is 4.39 Å². The first-order valence-corrected chi connectivity index (χ1v) is 7.90. The molecule has 102 valence electrons. The molecule has 0 saturated heterocycles. The van der Waals surface area contributed by atoms with Crippen LogP contribution in [0.25, 0.3) is 16.7 Å². The largest absolute Gasteiger partial charge is 0.330 e. The fourth-order valence-electron chi connectivity index (χ4n) is 2.00. The standard InChI is InChI=1S/C13H6Br2ClFN2S/c14-6-1-2-11(8(16)3-6)19-12-4-7(15)9(17)5-10(12)18-13(19)20/h1-5H,(H,18,20). The summed E-state index contributed by atoms with van der Waals surface area (Å²) in [6.07, 6.45) is 0. The average molecular weight is 437 g/mol. The Kier molecular flexibility index (Phi) is 3.75. The number of nitrogens with one attached hydrogen (secondary N) is 1. The number of H-pyrrole nitrogens is 1. The lowest BCUT2D eigenvalue weighted by Crippen LogP contribution is -1.95. The van der Waals surface area contributed by atoms with Crippen LogP contribution in [-0.2, 0) is 0 Å². The smallest absolute Gasteiger partial charge is 0.182 e. The fraction of sp³-hybridized carbons (Fsp3) is 0. The van der Waals surface area contributed by atoms with Crippen LogP contribution in [0, 0.1) is 10.6 Å². The number of hydrogen-bond acceptors (Lipinski definition) is 1. The minimum Gasteiger partial charge on any atom is -0.330 e. The highest BCUT2D eigenvalue weighted by Crippen LogP contribution is 2.30. The van der Waals surface area contributed by atoms with E-state index in [9.17, 15) is 4.39 Å². The minimum atomic E-state index is -0.345. The van der Waals surface area contributed by atoms with Crippen molar-refractivity contribution in [3.63, 3.8) is 0 Å². The van der Waals surface area contributed by atoms with Crippen molar-refractivity contribution in [2.24, 2.45) is 0 Å². The van der Waals surface area contributed by atoms with Crippen LogP contribution < -0.4 is 0 Å². The summed E-state index contributed by atoms with van der Waals surface area (Å²) in [7, 11) is 0. The maximum Gasteiger partial charge on any atom is 0.182 e. The van der Waals surface area contributed by atoms with Gasteiger partial charge in [-0.2, -0.15) is 0 Å². The summed E-state index contributed by atoms with van der Waals surface area (Å²) in [6.45, 7) is 0. The number of nitrogens with zero attached hydrogens (tertiary/aromatic N) is 1. The van der Waals surface area contributed by atoms with Gasteiger partial charge >= 0.3 is 0 Å². The van der Waals surface area contributed by atoms with Crippen LogP contribution in [0.4, 0.5) is 4.39 Å². The SMILES string of the molecule is Fc1cc2[nH]c(=S)n(-c3ccc(Br)cc3Cl)c2cc1Br. The molecule has 0 spiro atoms. The lowest BCUT2D eigenvalue weighted by atomic mass is 10.2. The van der Waals surface area contributed by atoms with Gasteiger partial charge in [0.1, 0.15) is 5.82 Å². The van der Waals surface area contributed by atoms with Crippen molar-refractivity contribution < 1.29 is 4.39 Å². The molecular weight excluding hydrogens is 430 g/mol. The van der Waals surface area contributed by atoms with Crippen LogP contribution in [0.15, 0.2) is 39.3 Å². The lowest BCUT2D eigenvalue weighted by Gasteiger charge is -2.08. The zero-order chi connectivity index (χ0) is 14.4. The molecule has 3 aromatic rings. The summed E-state index contributed by atoms with van der Waals surface area (Å²) in [5.41, 5.74) is 2.12. The van der Waals surface area contributed by atoms with Crippen molar-refractivity contribution in [1.82, 2.24) is 9.55 Å². The molecule has 1 aromatic heterocycles. The van der Waals surface area contributed by atoms with Crippen molar-refractivity contribution in [3.05, 3.63) is 54.9 Å². The van der Waals surface area contributed by atoms with Crippen molar-refractivity contribution in [2.45, 2.75) is 0 Å². The van der Waals surface area contributed by atoms with Gasteiger partial charge < -0.3 is 4.98 Å². The normalized spacial score (nSPS) is 11.2. The highest BCUT2D eigenvalue weighted by atomic mass is 79.9. The minimum absolute atomic E-state index is 0.345. The molecule has 1 N–H and O–H groups in total. The van der Waals surface area contributed by atoms with Crippen LogP contribution in [0.5, 0.6) is 0 Å². The second kappa shape index (κ2) is 5.26. The highest BCUT2D eigenvalue weighted by Gasteiger charge is 2.12. The van der Waals surface area contributed by atoms with E-state index in [0.717, 1.165) is 15.7 Å². The summed E-state index contributed by atoms with van der Waals surface area (Å²) in [5.74, 6) is -0.345. The molecule has 0 aliphatic carbocycles. The number of hydrogen-bond donors (Lipinski definition) is 1. The molecule has 2 nitrogen and oxygen atoms in total. The van der Waals surface area contributed by atoms with Crippen molar-refractivity contribution >= 4 is 66.7 Å². The Morgan fingerprint density at radius 3 is 2.65 bits per heavy atom. The molecule has 20 heavy (non-hydrogen) atoms. The summed E-state index contributed by atoms with van der Waals surface area (Å²) in [4.78, 5) is 2.98. The van der Waals surface area contributed by atoms with Crippen LogP contribution in [0.3, 0.4) is 0 Å². The van der Waals surface area contributed by atoms with E-state index >= 15 is 0 Å². The summed E-state index contributed by atoms with van der Waals surface area (Å²) in [6, 6.07) is 8.59. The van der Waals surface area contributed by atoms with Crippen molar-refractivity contribution in [2.75, 3.05) is 0 Å². The molecule has 1 heterocycles. The molecule has 0 saturated carbocycles. The number of rotatable bonds is 1. The van der Waals surface area contributed by atoms with Gasteiger partial charge in [-0.3, -0.25) is 4.57 Å². The average Bonchev–Trinajstić information content (AvgIpc) is 2.66. The van der Waals surface area contributed by atoms with Gasteiger partial charge in [0, 0.05) is 10.5 Å². The van der Waals surface area contributed by atoms with Crippen LogP contribution in [0.1, 0.15) is 0 Å². The van der Waals surface area contributed by atoms with E-state index in [0.29, 0.717) is 19.8 Å². The molecule has 0 aliphatic rings. The maximum atomic E-state index is 13.6. The second-order valence-corrected chi connectivity index (χ2v) is 6.71. The Bertz CT molecular complexity index is 888. The number of imidazole rings is 1. The first kappa shape index (κ1) is 14.3. The number of benzene rings is 2. The highest BCUT2D eigenvalue weighted by molar-refractivity contribution is 9.10. The van der Waals surface area contributed by atoms with E-state index in [4.69, 9.17) is 23.8 Å². The van der Waals surface area contributed by atoms with E-state index in [1.54, 1.807) is 16.7 Å². The van der Waals surface area contributed by atoms with E-state index in [1.165, 1.54) is 6.07 Å². The van der Waals surface area contributed by atoms with Crippen molar-refractivity contribution in [1.29, 1.82) is 0 Å². The zero-order valence-corrected chi connectivity index (χ0v) is 14.5. The Labute approximate surface area is 140 Å². The lowest BCUT2D eigenvalue weighted by molar-refractivity contribution is 0.623. The van der Waals surface area contributed by atoms with Gasteiger partial charge in [0.2, 0.25) is 0 Å². The third-order valence-electron chi connectivity index (χ3n) is 2.87. The number of fused-ring (bicyclic) bond motifs is 1. The van der Waals surface area contributed by atoms with Crippen LogP contribution in [-0.4, -0.2) is 9.55 Å². The number of aromatic nitrogens is 2. The van der Waals surface area contributed by atoms with Gasteiger partial charge in [0.05, 0.1) is 26.2 Å². The molecule has 2 aromatic carbocycles. The number of aromatic amines is 1. The van der Waals surface area contributed by atoms with E-state index in [2.05, 4.69) is 36.8 Å².